The third-order valence-corrected chi connectivity index (χ3v) is 11.1. The van der Waals surface area contributed by atoms with Gasteiger partial charge >= 0.3 is 0 Å². The number of hydrogen-bond donors (Lipinski definition) is 0. The zero-order valence-corrected chi connectivity index (χ0v) is 30.5. The smallest absolute Gasteiger partial charge is 0.0715 e. The van der Waals surface area contributed by atoms with Crippen LogP contribution in [-0.4, -0.2) is 14.1 Å². The predicted molar refractivity (Wildman–Crippen MR) is 235 cm³/mol. The Balaban J connectivity index is 1.17. The summed E-state index contributed by atoms with van der Waals surface area (Å²) in [7, 11) is 0. The molecular formula is C53H35N3. The van der Waals surface area contributed by atoms with E-state index in [0.29, 0.717) is 0 Å². The van der Waals surface area contributed by atoms with Crippen molar-refractivity contribution in [3.8, 4) is 56.1 Å². The van der Waals surface area contributed by atoms with Crippen molar-refractivity contribution in [3.05, 3.63) is 212 Å². The molecule has 0 unspecified atom stereocenters. The van der Waals surface area contributed by atoms with E-state index >= 15 is 0 Å². The molecule has 3 heteroatoms. The van der Waals surface area contributed by atoms with Crippen LogP contribution in [0, 0.1) is 0 Å². The second-order valence-corrected chi connectivity index (χ2v) is 14.4. The number of hydrogen-bond acceptors (Lipinski definition) is 1. The van der Waals surface area contributed by atoms with Crippen LogP contribution in [0.25, 0.3) is 99.8 Å². The van der Waals surface area contributed by atoms with Crippen molar-refractivity contribution >= 4 is 43.6 Å². The van der Waals surface area contributed by atoms with Crippen LogP contribution >= 0.6 is 0 Å². The van der Waals surface area contributed by atoms with E-state index in [1.807, 2.05) is 0 Å². The van der Waals surface area contributed by atoms with E-state index in [0.717, 1.165) is 45.0 Å². The minimum atomic E-state index is 0.949. The minimum Gasteiger partial charge on any atom is -0.309 e. The van der Waals surface area contributed by atoms with Crippen molar-refractivity contribution in [2.24, 2.45) is 0 Å². The number of benzene rings is 8. The number of pyridine rings is 1. The molecule has 3 heterocycles. The van der Waals surface area contributed by atoms with Crippen molar-refractivity contribution < 1.29 is 0 Å². The fraction of sp³-hybridized carbons (Fsp3) is 0. The Hall–Kier alpha value is -7.49. The van der Waals surface area contributed by atoms with Gasteiger partial charge in [-0.3, -0.25) is 0 Å². The van der Waals surface area contributed by atoms with Crippen molar-refractivity contribution in [1.29, 1.82) is 0 Å². The van der Waals surface area contributed by atoms with Gasteiger partial charge in [0, 0.05) is 43.9 Å². The highest BCUT2D eigenvalue weighted by Crippen LogP contribution is 2.42. The molecule has 0 saturated heterocycles. The minimum absolute atomic E-state index is 0.949. The number of fused-ring (bicyclic) bond motifs is 6. The number of aromatic nitrogens is 3. The predicted octanol–water partition coefficient (Wildman–Crippen LogP) is 13.9. The SMILES string of the molecule is c1ccc(-c2cccc(-n3c4ccccc4c4cc5c(cc43)c3ccccc3n5-c3ccccc3-c3cc(-c4ccccc4)nc(-c4ccccc4)c3)c2)cc1. The van der Waals surface area contributed by atoms with Gasteiger partial charge in [-0.05, 0) is 71.3 Å². The molecule has 0 spiro atoms. The van der Waals surface area contributed by atoms with Gasteiger partial charge < -0.3 is 9.13 Å². The summed E-state index contributed by atoms with van der Waals surface area (Å²) in [5.74, 6) is 0. The molecular weight excluding hydrogens is 679 g/mol. The summed E-state index contributed by atoms with van der Waals surface area (Å²) < 4.78 is 4.90. The molecule has 3 nitrogen and oxygen atoms in total. The first-order chi connectivity index (χ1) is 27.8. The molecule has 8 aromatic carbocycles. The molecule has 56 heavy (non-hydrogen) atoms. The molecule has 262 valence electrons. The van der Waals surface area contributed by atoms with Crippen LogP contribution in [0.15, 0.2) is 212 Å². The van der Waals surface area contributed by atoms with Gasteiger partial charge in [0.25, 0.3) is 0 Å². The zero-order chi connectivity index (χ0) is 37.0. The van der Waals surface area contributed by atoms with E-state index in [-0.39, 0.29) is 0 Å². The second kappa shape index (κ2) is 13.1. The standard InChI is InChI=1S/C53H35N3/c1-4-17-36(18-5-1)39-23-16-24-41(31-39)55-50-29-14-11-26-43(50)45-35-53-46(34-52(45)55)44-27-12-15-30-51(44)56(53)49-28-13-10-25-42(49)40-32-47(37-19-6-2-7-20-37)54-48(33-40)38-21-8-3-9-22-38/h1-35H. The first-order valence-electron chi connectivity index (χ1n) is 19.1. The normalized spacial score (nSPS) is 11.6. The van der Waals surface area contributed by atoms with E-state index in [9.17, 15) is 0 Å². The van der Waals surface area contributed by atoms with Gasteiger partial charge in [0.2, 0.25) is 0 Å². The van der Waals surface area contributed by atoms with Gasteiger partial charge in [-0.15, -0.1) is 0 Å². The van der Waals surface area contributed by atoms with Gasteiger partial charge in [-0.1, -0.05) is 158 Å². The highest BCUT2D eigenvalue weighted by Gasteiger charge is 2.21. The molecule has 0 fully saturated rings. The molecule has 0 amide bonds. The molecule has 11 aromatic rings. The van der Waals surface area contributed by atoms with E-state index in [1.165, 1.54) is 54.7 Å². The molecule has 11 rings (SSSR count). The summed E-state index contributed by atoms with van der Waals surface area (Å²) in [6.45, 7) is 0. The highest BCUT2D eigenvalue weighted by molar-refractivity contribution is 6.19. The number of nitrogens with zero attached hydrogens (tertiary/aromatic N) is 3. The second-order valence-electron chi connectivity index (χ2n) is 14.4. The van der Waals surface area contributed by atoms with Crippen molar-refractivity contribution in [2.45, 2.75) is 0 Å². The van der Waals surface area contributed by atoms with Crippen molar-refractivity contribution in [1.82, 2.24) is 14.1 Å². The van der Waals surface area contributed by atoms with Crippen LogP contribution in [0.5, 0.6) is 0 Å². The monoisotopic (exact) mass is 713 g/mol. The summed E-state index contributed by atoms with van der Waals surface area (Å²) >= 11 is 0. The van der Waals surface area contributed by atoms with Crippen LogP contribution in [0.1, 0.15) is 0 Å². The summed E-state index contributed by atoms with van der Waals surface area (Å²) in [5, 5.41) is 4.89. The van der Waals surface area contributed by atoms with Crippen molar-refractivity contribution in [2.75, 3.05) is 0 Å². The molecule has 3 aromatic heterocycles. The van der Waals surface area contributed by atoms with E-state index < -0.39 is 0 Å². The fourth-order valence-corrected chi connectivity index (χ4v) is 8.54. The molecule has 0 atom stereocenters. The maximum Gasteiger partial charge on any atom is 0.0715 e. The summed E-state index contributed by atoms with van der Waals surface area (Å²) in [5.41, 5.74) is 15.8. The Kier molecular flexibility index (Phi) is 7.49. The van der Waals surface area contributed by atoms with Gasteiger partial charge in [0.1, 0.15) is 0 Å². The summed E-state index contributed by atoms with van der Waals surface area (Å²) in [4.78, 5) is 5.20. The fourth-order valence-electron chi connectivity index (χ4n) is 8.54. The highest BCUT2D eigenvalue weighted by atomic mass is 15.0. The van der Waals surface area contributed by atoms with E-state index in [4.69, 9.17) is 4.98 Å². The molecule has 0 radical (unpaired) electrons. The number of rotatable bonds is 6. The maximum absolute atomic E-state index is 5.20. The van der Waals surface area contributed by atoms with Crippen LogP contribution in [0.2, 0.25) is 0 Å². The molecule has 0 aliphatic carbocycles. The third kappa shape index (κ3) is 5.25. The lowest BCUT2D eigenvalue weighted by molar-refractivity contribution is 1.17. The van der Waals surface area contributed by atoms with Gasteiger partial charge in [0.05, 0.1) is 39.1 Å². The van der Waals surface area contributed by atoms with Crippen LogP contribution in [-0.2, 0) is 0 Å². The van der Waals surface area contributed by atoms with Gasteiger partial charge in [0.15, 0.2) is 0 Å². The molecule has 0 N–H and O–H groups in total. The van der Waals surface area contributed by atoms with E-state index in [1.54, 1.807) is 0 Å². The first kappa shape index (κ1) is 32.0. The lowest BCUT2D eigenvalue weighted by Crippen LogP contribution is -1.98. The summed E-state index contributed by atoms with van der Waals surface area (Å²) in [6, 6.07) is 76.3. The molecule has 0 saturated carbocycles. The topological polar surface area (TPSA) is 22.8 Å². The maximum atomic E-state index is 5.20. The lowest BCUT2D eigenvalue weighted by Gasteiger charge is -2.16. The first-order valence-corrected chi connectivity index (χ1v) is 19.1. The van der Waals surface area contributed by atoms with Gasteiger partial charge in [-0.25, -0.2) is 4.98 Å². The van der Waals surface area contributed by atoms with Gasteiger partial charge in [-0.2, -0.15) is 0 Å². The average molecular weight is 714 g/mol. The Labute approximate surface area is 325 Å². The van der Waals surface area contributed by atoms with Crippen LogP contribution < -0.4 is 0 Å². The molecule has 0 aliphatic heterocycles. The summed E-state index contributed by atoms with van der Waals surface area (Å²) in [6.07, 6.45) is 0. The van der Waals surface area contributed by atoms with Crippen molar-refractivity contribution in [3.63, 3.8) is 0 Å². The average Bonchev–Trinajstić information content (AvgIpc) is 3.78. The van der Waals surface area contributed by atoms with Crippen LogP contribution in [0.3, 0.4) is 0 Å². The Bertz CT molecular complexity index is 3170. The Morgan fingerprint density at radius 2 is 0.768 bits per heavy atom. The zero-order valence-electron chi connectivity index (χ0n) is 30.5. The molecule has 0 bridgehead atoms. The third-order valence-electron chi connectivity index (χ3n) is 11.1. The lowest BCUT2D eigenvalue weighted by atomic mass is 9.98. The largest absolute Gasteiger partial charge is 0.309 e. The number of para-hydroxylation sites is 3. The van der Waals surface area contributed by atoms with E-state index in [2.05, 4.69) is 221 Å². The van der Waals surface area contributed by atoms with Crippen LogP contribution in [0.4, 0.5) is 0 Å². The Morgan fingerprint density at radius 1 is 0.286 bits per heavy atom. The Morgan fingerprint density at radius 3 is 1.39 bits per heavy atom. The molecule has 0 aliphatic rings. The quantitative estimate of drug-likeness (QED) is 0.168.